The van der Waals surface area contributed by atoms with Crippen molar-refractivity contribution in [3.05, 3.63) is 28.8 Å². The van der Waals surface area contributed by atoms with Crippen LogP contribution in [-0.2, 0) is 30.3 Å². The van der Waals surface area contributed by atoms with Crippen LogP contribution in [0.2, 0.25) is 0 Å². The van der Waals surface area contributed by atoms with E-state index >= 15 is 0 Å². The number of hydrogen-bond acceptors (Lipinski definition) is 8. The molecule has 1 aromatic rings. The van der Waals surface area contributed by atoms with Gasteiger partial charge in [-0.15, -0.1) is 0 Å². The SMILES string of the molecule is Cc1c(C(=O)NC2(C(=O)OCCN3CCOCC3)COC2)ccc2c1B(O)OC2. The summed E-state index contributed by atoms with van der Waals surface area (Å²) < 4.78 is 21.2. The van der Waals surface area contributed by atoms with Crippen LogP contribution in [0.25, 0.3) is 0 Å². The molecule has 0 unspecified atom stereocenters. The normalized spacial score (nSPS) is 20.7. The minimum Gasteiger partial charge on any atom is -0.462 e. The fraction of sp³-hybridized carbons (Fsp3) is 0.579. The maximum atomic E-state index is 12.9. The first kappa shape index (κ1) is 20.3. The lowest BCUT2D eigenvalue weighted by atomic mass is 9.75. The summed E-state index contributed by atoms with van der Waals surface area (Å²) in [5.41, 5.74) is 1.32. The van der Waals surface area contributed by atoms with Crippen LogP contribution in [0.1, 0.15) is 21.5 Å². The maximum absolute atomic E-state index is 12.9. The fourth-order valence-corrected chi connectivity index (χ4v) is 3.81. The van der Waals surface area contributed by atoms with E-state index < -0.39 is 24.5 Å². The number of rotatable bonds is 6. The fourth-order valence-electron chi connectivity index (χ4n) is 3.81. The molecule has 1 aromatic carbocycles. The Morgan fingerprint density at radius 3 is 2.72 bits per heavy atom. The molecule has 3 aliphatic heterocycles. The summed E-state index contributed by atoms with van der Waals surface area (Å²) in [6.07, 6.45) is 0. The van der Waals surface area contributed by atoms with Crippen molar-refractivity contribution in [3.63, 3.8) is 0 Å². The highest BCUT2D eigenvalue weighted by Gasteiger charge is 2.49. The summed E-state index contributed by atoms with van der Waals surface area (Å²) in [6.45, 7) is 6.09. The Morgan fingerprint density at radius 1 is 1.28 bits per heavy atom. The molecule has 0 radical (unpaired) electrons. The third kappa shape index (κ3) is 4.03. The minimum absolute atomic E-state index is 0.0743. The van der Waals surface area contributed by atoms with E-state index in [4.69, 9.17) is 18.9 Å². The highest BCUT2D eigenvalue weighted by atomic mass is 16.6. The first-order valence-corrected chi connectivity index (χ1v) is 9.80. The van der Waals surface area contributed by atoms with Gasteiger partial charge in [0, 0.05) is 25.2 Å². The first-order chi connectivity index (χ1) is 14.0. The number of benzene rings is 1. The summed E-state index contributed by atoms with van der Waals surface area (Å²) in [5, 5.41) is 12.8. The van der Waals surface area contributed by atoms with E-state index in [1.165, 1.54) is 0 Å². The smallest absolute Gasteiger partial charge is 0.462 e. The number of hydrogen-bond donors (Lipinski definition) is 2. The van der Waals surface area contributed by atoms with Gasteiger partial charge in [0.15, 0.2) is 5.54 Å². The molecular weight excluding hydrogens is 379 g/mol. The predicted octanol–water partition coefficient (Wildman–Crippen LogP) is -1.41. The van der Waals surface area contributed by atoms with Gasteiger partial charge in [-0.05, 0) is 29.6 Å². The quantitative estimate of drug-likeness (QED) is 0.440. The van der Waals surface area contributed by atoms with Crippen molar-refractivity contribution in [2.45, 2.75) is 19.1 Å². The van der Waals surface area contributed by atoms with Gasteiger partial charge < -0.3 is 29.2 Å². The average Bonchev–Trinajstić information content (AvgIpc) is 3.07. The summed E-state index contributed by atoms with van der Waals surface area (Å²) >= 11 is 0. The lowest BCUT2D eigenvalue weighted by Crippen LogP contribution is -2.67. The maximum Gasteiger partial charge on any atom is 0.492 e. The van der Waals surface area contributed by atoms with Gasteiger partial charge >= 0.3 is 13.1 Å². The first-order valence-electron chi connectivity index (χ1n) is 9.80. The number of morpholine rings is 1. The van der Waals surface area contributed by atoms with Gasteiger partial charge in [0.05, 0.1) is 33.0 Å². The molecule has 1 amide bonds. The third-order valence-corrected chi connectivity index (χ3v) is 5.68. The summed E-state index contributed by atoms with van der Waals surface area (Å²) in [5.74, 6) is -0.898. The summed E-state index contributed by atoms with van der Waals surface area (Å²) in [4.78, 5) is 27.7. The van der Waals surface area contributed by atoms with Gasteiger partial charge in [0.2, 0.25) is 0 Å². The average molecular weight is 404 g/mol. The van der Waals surface area contributed by atoms with Crippen LogP contribution in [0.3, 0.4) is 0 Å². The molecule has 0 atom stereocenters. The number of nitrogens with zero attached hydrogens (tertiary/aromatic N) is 1. The van der Waals surface area contributed by atoms with Crippen LogP contribution < -0.4 is 10.8 Å². The highest BCUT2D eigenvalue weighted by Crippen LogP contribution is 2.22. The van der Waals surface area contributed by atoms with Crippen molar-refractivity contribution < 1.29 is 33.5 Å². The molecule has 2 saturated heterocycles. The van der Waals surface area contributed by atoms with E-state index in [9.17, 15) is 14.6 Å². The zero-order chi connectivity index (χ0) is 20.4. The van der Waals surface area contributed by atoms with Crippen LogP contribution in [0.5, 0.6) is 0 Å². The third-order valence-electron chi connectivity index (χ3n) is 5.68. The van der Waals surface area contributed by atoms with Gasteiger partial charge in [-0.3, -0.25) is 9.69 Å². The number of amides is 1. The van der Waals surface area contributed by atoms with Crippen molar-refractivity contribution in [1.82, 2.24) is 10.2 Å². The molecule has 0 aromatic heterocycles. The number of fused-ring (bicyclic) bond motifs is 1. The van der Waals surface area contributed by atoms with E-state index in [1.807, 2.05) is 0 Å². The monoisotopic (exact) mass is 404 g/mol. The second-order valence-electron chi connectivity index (χ2n) is 7.59. The molecule has 2 fully saturated rings. The van der Waals surface area contributed by atoms with Crippen molar-refractivity contribution >= 4 is 24.5 Å². The van der Waals surface area contributed by atoms with Gasteiger partial charge in [-0.25, -0.2) is 4.79 Å². The zero-order valence-corrected chi connectivity index (χ0v) is 16.4. The number of ether oxygens (including phenoxy) is 3. The van der Waals surface area contributed by atoms with E-state index in [1.54, 1.807) is 19.1 Å². The summed E-state index contributed by atoms with van der Waals surface area (Å²) in [6, 6.07) is 3.44. The molecule has 156 valence electrons. The van der Waals surface area contributed by atoms with Crippen molar-refractivity contribution in [3.8, 4) is 0 Å². The van der Waals surface area contributed by atoms with Crippen LogP contribution in [0.15, 0.2) is 12.1 Å². The molecule has 0 spiro atoms. The number of carbonyl (C=O) groups excluding carboxylic acids is 2. The Morgan fingerprint density at radius 2 is 2.03 bits per heavy atom. The zero-order valence-electron chi connectivity index (χ0n) is 16.4. The van der Waals surface area contributed by atoms with Crippen LogP contribution in [0, 0.1) is 6.92 Å². The molecule has 0 aliphatic carbocycles. The van der Waals surface area contributed by atoms with Gasteiger partial charge in [0.1, 0.15) is 6.61 Å². The Hall–Kier alpha value is -1.98. The van der Waals surface area contributed by atoms with Crippen LogP contribution >= 0.6 is 0 Å². The molecule has 0 saturated carbocycles. The molecule has 2 N–H and O–H groups in total. The van der Waals surface area contributed by atoms with Crippen LogP contribution in [-0.4, -0.2) is 87.1 Å². The topological polar surface area (TPSA) is 107 Å². The second kappa shape index (κ2) is 8.41. The Bertz CT molecular complexity index is 793. The van der Waals surface area contributed by atoms with Gasteiger partial charge in [-0.1, -0.05) is 6.07 Å². The summed E-state index contributed by atoms with van der Waals surface area (Å²) in [7, 11) is -1.04. The van der Waals surface area contributed by atoms with Crippen molar-refractivity contribution in [2.24, 2.45) is 0 Å². The molecule has 4 rings (SSSR count). The van der Waals surface area contributed by atoms with E-state index in [0.717, 1.165) is 18.7 Å². The molecule has 0 bridgehead atoms. The van der Waals surface area contributed by atoms with Gasteiger partial charge in [-0.2, -0.15) is 0 Å². The van der Waals surface area contributed by atoms with E-state index in [0.29, 0.717) is 43.0 Å². The highest BCUT2D eigenvalue weighted by molar-refractivity contribution is 6.62. The van der Waals surface area contributed by atoms with Crippen molar-refractivity contribution in [1.29, 1.82) is 0 Å². The predicted molar refractivity (Wildman–Crippen MR) is 103 cm³/mol. The molecule has 10 heteroatoms. The Labute approximate surface area is 169 Å². The molecule has 29 heavy (non-hydrogen) atoms. The molecular formula is C19H25BN2O7. The minimum atomic E-state index is -1.18. The van der Waals surface area contributed by atoms with Crippen LogP contribution in [0.4, 0.5) is 0 Å². The standard InChI is InChI=1S/C19H25BN2O7/c1-13-15(3-2-14-10-29-20(25)16(13)14)17(23)21-19(11-27-12-19)18(24)28-9-6-22-4-7-26-8-5-22/h2-3,25H,4-12H2,1H3,(H,21,23). The lowest BCUT2D eigenvalue weighted by molar-refractivity contribution is -0.171. The van der Waals surface area contributed by atoms with E-state index in [-0.39, 0.29) is 19.8 Å². The molecule has 9 nitrogen and oxygen atoms in total. The lowest BCUT2D eigenvalue weighted by Gasteiger charge is -2.39. The largest absolute Gasteiger partial charge is 0.492 e. The number of esters is 1. The molecule has 3 heterocycles. The Balaban J connectivity index is 1.38. The molecule has 3 aliphatic rings. The second-order valence-corrected chi connectivity index (χ2v) is 7.59. The van der Waals surface area contributed by atoms with Crippen molar-refractivity contribution in [2.75, 3.05) is 52.7 Å². The number of carbonyl (C=O) groups is 2. The Kier molecular flexibility index (Phi) is 5.89. The number of nitrogens with one attached hydrogen (secondary N) is 1. The van der Waals surface area contributed by atoms with Gasteiger partial charge in [0.25, 0.3) is 5.91 Å². The van der Waals surface area contributed by atoms with E-state index in [2.05, 4.69) is 10.2 Å².